The molecule has 7 heavy (non-hydrogen) atoms. The van der Waals surface area contributed by atoms with Crippen LogP contribution in [0.5, 0.6) is 0 Å². The van der Waals surface area contributed by atoms with Crippen LogP contribution in [0.15, 0.2) is 0 Å². The van der Waals surface area contributed by atoms with Crippen LogP contribution in [0.2, 0.25) is 0 Å². The number of hydrogen-bond donors (Lipinski definition) is 0. The minimum atomic E-state index is -2.37. The van der Waals surface area contributed by atoms with Gasteiger partial charge in [0.05, 0.1) is 0 Å². The molecule has 0 spiro atoms. The van der Waals surface area contributed by atoms with Crippen molar-refractivity contribution in [2.75, 3.05) is 0 Å². The van der Waals surface area contributed by atoms with Crippen LogP contribution < -0.4 is 0 Å². The Balaban J connectivity index is 5.91. The summed E-state index contributed by atoms with van der Waals surface area (Å²) in [5, 5.41) is 0. The summed E-state index contributed by atoms with van der Waals surface area (Å²) in [6.07, 6.45) is 0. The summed E-state index contributed by atoms with van der Waals surface area (Å²) >= 11 is -1.51. The van der Waals surface area contributed by atoms with Gasteiger partial charge in [-0.05, 0) is 0 Å². The van der Waals surface area contributed by atoms with Gasteiger partial charge in [0.1, 0.15) is 0 Å². The Bertz CT molecular complexity index is 250. The van der Waals surface area contributed by atoms with Gasteiger partial charge in [-0.25, -0.2) is 0 Å². The first-order chi connectivity index (χ1) is 3.13. The van der Waals surface area contributed by atoms with Crippen LogP contribution in [0.4, 0.5) is 0 Å². The zero-order valence-corrected chi connectivity index (χ0v) is 6.17. The van der Waals surface area contributed by atoms with Crippen molar-refractivity contribution in [1.29, 1.82) is 0 Å². The van der Waals surface area contributed by atoms with E-state index in [-0.39, 0.29) is 0 Å². The van der Waals surface area contributed by atoms with Gasteiger partial charge in [-0.3, -0.25) is 0 Å². The molecule has 0 amide bonds. The second-order valence-corrected chi connectivity index (χ2v) is 7.73. The van der Waals surface area contributed by atoms with Crippen molar-refractivity contribution >= 4 is 16.4 Å². The van der Waals surface area contributed by atoms with Crippen LogP contribution in [-0.2, 0) is 30.0 Å². The molecule has 0 aromatic heterocycles. The van der Waals surface area contributed by atoms with Gasteiger partial charge in [-0.15, -0.1) is 0 Å². The summed E-state index contributed by atoms with van der Waals surface area (Å²) < 4.78 is 37.8. The molecule has 0 N–H and O–H groups in total. The standard InChI is InChI=1S/2O2S.Ru/c2*1-3-2;. The summed E-state index contributed by atoms with van der Waals surface area (Å²) in [6.45, 7) is 0. The Hall–Kier alpha value is 0.263. The normalized spacial score (nSPS) is 8.00. The summed E-state index contributed by atoms with van der Waals surface area (Å²) in [5.41, 5.74) is 0. The fourth-order valence-electron chi connectivity index (χ4n) is 0.0393. The molecule has 0 aliphatic carbocycles. The van der Waals surface area contributed by atoms with Gasteiger partial charge >= 0.3 is 46.8 Å². The van der Waals surface area contributed by atoms with E-state index in [9.17, 15) is 16.8 Å². The van der Waals surface area contributed by atoms with Crippen molar-refractivity contribution in [1.82, 2.24) is 0 Å². The third-order valence-electron chi connectivity index (χ3n) is 0.0962. The van der Waals surface area contributed by atoms with Gasteiger partial charge in [-0.2, -0.15) is 0 Å². The van der Waals surface area contributed by atoms with Crippen molar-refractivity contribution in [2.24, 2.45) is 0 Å². The van der Waals surface area contributed by atoms with Gasteiger partial charge in [-0.1, -0.05) is 0 Å². The zero-order valence-electron chi connectivity index (χ0n) is 2.80. The van der Waals surface area contributed by atoms with Gasteiger partial charge in [0.2, 0.25) is 0 Å². The Labute approximate surface area is 47.0 Å². The maximum atomic E-state index is 9.46. The van der Waals surface area contributed by atoms with E-state index >= 15 is 0 Å². The molecule has 0 unspecified atom stereocenters. The third kappa shape index (κ3) is 6.26. The Morgan fingerprint density at radius 1 is 0.857 bits per heavy atom. The van der Waals surface area contributed by atoms with Crippen molar-refractivity contribution in [3.8, 4) is 0 Å². The quantitative estimate of drug-likeness (QED) is 0.482. The Kier molecular flexibility index (Phi) is 3.41. The van der Waals surface area contributed by atoms with E-state index in [1.807, 2.05) is 0 Å². The van der Waals surface area contributed by atoms with E-state index in [0.717, 1.165) is 0 Å². The molecule has 0 aromatic rings. The predicted octanol–water partition coefficient (Wildman–Crippen LogP) is -1.34. The van der Waals surface area contributed by atoms with E-state index < -0.39 is 30.0 Å². The van der Waals surface area contributed by atoms with Crippen molar-refractivity contribution < 1.29 is 30.5 Å². The second kappa shape index (κ2) is 3.29. The van der Waals surface area contributed by atoms with Gasteiger partial charge in [0.15, 0.2) is 0 Å². The van der Waals surface area contributed by atoms with Gasteiger partial charge < -0.3 is 0 Å². The van der Waals surface area contributed by atoms with Crippen molar-refractivity contribution in [3.05, 3.63) is 0 Å². The van der Waals surface area contributed by atoms with Crippen LogP contribution in [0, 0.1) is 0 Å². The molecule has 0 aromatic carbocycles. The first-order valence-corrected chi connectivity index (χ1v) is 7.12. The molecular weight excluding hydrogens is 229 g/mol. The molecule has 0 heterocycles. The Morgan fingerprint density at radius 3 is 1.14 bits per heavy atom. The summed E-state index contributed by atoms with van der Waals surface area (Å²) in [6, 6.07) is 0. The van der Waals surface area contributed by atoms with Gasteiger partial charge in [0.25, 0.3) is 0 Å². The van der Waals surface area contributed by atoms with E-state index in [1.165, 1.54) is 0 Å². The average molecular weight is 229 g/mol. The molecule has 4 nitrogen and oxygen atoms in total. The van der Waals surface area contributed by atoms with E-state index in [0.29, 0.717) is 0 Å². The minimum absolute atomic E-state index is 1.51. The molecule has 0 aliphatic rings. The third-order valence-corrected chi connectivity index (χ3v) is 5.12. The molecule has 7 heteroatoms. The summed E-state index contributed by atoms with van der Waals surface area (Å²) in [4.78, 5) is 0. The summed E-state index contributed by atoms with van der Waals surface area (Å²) in [5.74, 6) is 0. The molecule has 0 radical (unpaired) electrons. The maximum absolute atomic E-state index is 9.46. The molecule has 44 valence electrons. The van der Waals surface area contributed by atoms with Crippen LogP contribution in [0.1, 0.15) is 0 Å². The SMILES string of the molecule is O=[S](=O)=[Ru]=[S](=O)=O. The van der Waals surface area contributed by atoms with Crippen LogP contribution in [-0.4, -0.2) is 16.8 Å². The summed E-state index contributed by atoms with van der Waals surface area (Å²) in [7, 11) is -4.74. The first kappa shape index (κ1) is 7.26. The fourth-order valence-corrected chi connectivity index (χ4v) is 2.09. The van der Waals surface area contributed by atoms with E-state index in [1.54, 1.807) is 0 Å². The van der Waals surface area contributed by atoms with E-state index in [2.05, 4.69) is 0 Å². The molecule has 0 bridgehead atoms. The number of rotatable bonds is 0. The molecule has 0 saturated carbocycles. The van der Waals surface area contributed by atoms with Crippen molar-refractivity contribution in [3.63, 3.8) is 0 Å². The first-order valence-electron chi connectivity index (χ1n) is 0.955. The van der Waals surface area contributed by atoms with Crippen molar-refractivity contribution in [2.45, 2.75) is 0 Å². The molecule has 0 saturated heterocycles. The second-order valence-electron chi connectivity index (χ2n) is 0.431. The van der Waals surface area contributed by atoms with Crippen LogP contribution in [0.25, 0.3) is 0 Å². The molecule has 0 atom stereocenters. The van der Waals surface area contributed by atoms with Crippen LogP contribution >= 0.6 is 0 Å². The average Bonchev–Trinajstić information content (AvgIpc) is 1.27. The molecular formula is O4RuS2. The number of hydrogen-bond acceptors (Lipinski definition) is 4. The van der Waals surface area contributed by atoms with Gasteiger partial charge in [0, 0.05) is 0 Å². The molecule has 0 rings (SSSR count). The monoisotopic (exact) mass is 230 g/mol. The topological polar surface area (TPSA) is 68.3 Å². The Morgan fingerprint density at radius 2 is 1.14 bits per heavy atom. The molecule has 0 fully saturated rings. The zero-order chi connectivity index (χ0) is 5.86. The predicted molar refractivity (Wildman–Crippen MR) is 17.8 cm³/mol. The fraction of sp³-hybridized carbons (Fsp3) is 0. The molecule has 0 aliphatic heterocycles. The van der Waals surface area contributed by atoms with E-state index in [4.69, 9.17) is 0 Å². The van der Waals surface area contributed by atoms with Crippen LogP contribution in [0.3, 0.4) is 0 Å².